The second kappa shape index (κ2) is 6.04. The van der Waals surface area contributed by atoms with E-state index in [1.54, 1.807) is 12.1 Å². The maximum Gasteiger partial charge on any atom is 0.118 e. The maximum atomic E-state index is 9.99. The molecule has 1 aliphatic carbocycles. The van der Waals surface area contributed by atoms with E-state index in [1.165, 1.54) is 30.4 Å². The van der Waals surface area contributed by atoms with Crippen molar-refractivity contribution in [3.05, 3.63) is 59.2 Å². The van der Waals surface area contributed by atoms with Gasteiger partial charge < -0.3 is 10.2 Å². The van der Waals surface area contributed by atoms with Crippen LogP contribution in [0.3, 0.4) is 0 Å². The zero-order chi connectivity index (χ0) is 15.6. The van der Waals surface area contributed by atoms with Crippen molar-refractivity contribution in [3.8, 4) is 11.5 Å². The number of aryl methyl sites for hydroxylation is 1. The van der Waals surface area contributed by atoms with Crippen molar-refractivity contribution in [1.82, 2.24) is 0 Å². The van der Waals surface area contributed by atoms with Crippen molar-refractivity contribution < 1.29 is 10.2 Å². The zero-order valence-corrected chi connectivity index (χ0v) is 13.2. The number of phenols is 2. The first-order valence-corrected chi connectivity index (χ1v) is 8.27. The van der Waals surface area contributed by atoms with Crippen molar-refractivity contribution in [2.45, 2.75) is 50.9 Å². The Hall–Kier alpha value is -1.96. The van der Waals surface area contributed by atoms with Gasteiger partial charge in [0.25, 0.3) is 0 Å². The van der Waals surface area contributed by atoms with Gasteiger partial charge in [-0.2, -0.15) is 0 Å². The third-order valence-electron chi connectivity index (χ3n) is 5.14. The Morgan fingerprint density at radius 1 is 0.864 bits per heavy atom. The summed E-state index contributed by atoms with van der Waals surface area (Å²) < 4.78 is 0. The second-order valence-electron chi connectivity index (χ2n) is 6.39. The molecule has 1 aliphatic rings. The van der Waals surface area contributed by atoms with Gasteiger partial charge in [0.2, 0.25) is 0 Å². The predicted octanol–water partition coefficient (Wildman–Crippen LogP) is 4.91. The van der Waals surface area contributed by atoms with Crippen LogP contribution in [0.4, 0.5) is 0 Å². The lowest BCUT2D eigenvalue weighted by Crippen LogP contribution is -2.30. The van der Waals surface area contributed by atoms with Crippen molar-refractivity contribution in [3.63, 3.8) is 0 Å². The maximum absolute atomic E-state index is 9.99. The van der Waals surface area contributed by atoms with E-state index in [4.69, 9.17) is 0 Å². The molecule has 2 aromatic carbocycles. The molecule has 0 bridgehead atoms. The average Bonchev–Trinajstić information content (AvgIpc) is 2.56. The molecule has 2 N–H and O–H groups in total. The van der Waals surface area contributed by atoms with Gasteiger partial charge in [0.1, 0.15) is 11.5 Å². The van der Waals surface area contributed by atoms with Crippen molar-refractivity contribution >= 4 is 0 Å². The molecular formula is C20H24O2. The minimum atomic E-state index is 0.0174. The van der Waals surface area contributed by atoms with Crippen LogP contribution in [0.1, 0.15) is 55.7 Å². The highest BCUT2D eigenvalue weighted by molar-refractivity contribution is 5.46. The lowest BCUT2D eigenvalue weighted by atomic mass is 9.65. The summed E-state index contributed by atoms with van der Waals surface area (Å²) in [6.07, 6.45) is 6.84. The molecule has 3 rings (SSSR count). The summed E-state index contributed by atoms with van der Waals surface area (Å²) in [6.45, 7) is 2.08. The first-order valence-electron chi connectivity index (χ1n) is 8.27. The van der Waals surface area contributed by atoms with Crippen molar-refractivity contribution in [2.75, 3.05) is 0 Å². The molecular weight excluding hydrogens is 272 g/mol. The van der Waals surface area contributed by atoms with Crippen molar-refractivity contribution in [2.24, 2.45) is 0 Å². The van der Waals surface area contributed by atoms with Crippen LogP contribution in [0.25, 0.3) is 0 Å². The number of phenolic OH excluding ortho intramolecular Hbond substituents is 2. The summed E-state index contributed by atoms with van der Waals surface area (Å²) in [5.74, 6) is 0.706. The van der Waals surface area contributed by atoms with Crippen LogP contribution in [0, 0.1) is 0 Å². The van der Waals surface area contributed by atoms with Gasteiger partial charge in [-0.3, -0.25) is 0 Å². The minimum absolute atomic E-state index is 0.0174. The van der Waals surface area contributed by atoms with Gasteiger partial charge in [-0.25, -0.2) is 0 Å². The van der Waals surface area contributed by atoms with Crippen LogP contribution in [0.15, 0.2) is 42.5 Å². The van der Waals surface area contributed by atoms with E-state index in [0.717, 1.165) is 24.8 Å². The van der Waals surface area contributed by atoms with Gasteiger partial charge in [-0.1, -0.05) is 50.5 Å². The molecule has 0 saturated heterocycles. The summed E-state index contributed by atoms with van der Waals surface area (Å²) in [4.78, 5) is 0. The fourth-order valence-electron chi connectivity index (χ4n) is 3.85. The number of hydrogen-bond acceptors (Lipinski definition) is 2. The van der Waals surface area contributed by atoms with Gasteiger partial charge in [0, 0.05) is 5.41 Å². The molecule has 2 heteroatoms. The summed E-state index contributed by atoms with van der Waals surface area (Å²) in [6, 6.07) is 13.8. The van der Waals surface area contributed by atoms with Crippen LogP contribution < -0.4 is 0 Å². The fraction of sp³-hybridized carbons (Fsp3) is 0.400. The van der Waals surface area contributed by atoms with E-state index >= 15 is 0 Å². The lowest BCUT2D eigenvalue weighted by molar-refractivity contribution is 0.345. The summed E-state index contributed by atoms with van der Waals surface area (Å²) >= 11 is 0. The van der Waals surface area contributed by atoms with Gasteiger partial charge in [-0.15, -0.1) is 0 Å². The quantitative estimate of drug-likeness (QED) is 0.844. The van der Waals surface area contributed by atoms with E-state index in [9.17, 15) is 10.2 Å². The van der Waals surface area contributed by atoms with E-state index in [1.807, 2.05) is 6.07 Å². The highest BCUT2D eigenvalue weighted by Crippen LogP contribution is 2.46. The molecule has 0 spiro atoms. The van der Waals surface area contributed by atoms with E-state index in [2.05, 4.69) is 31.2 Å². The number of hydrogen-bond donors (Lipinski definition) is 2. The standard InChI is InChI=1S/C20H24O2/c1-2-15-14-17(8-11-19(15)22)20(12-4-3-5-13-20)16-6-9-18(21)10-7-16/h6-11,14,21-22H,2-5,12-13H2,1H3. The first kappa shape index (κ1) is 15.0. The van der Waals surface area contributed by atoms with Gasteiger partial charge in [-0.05, 0) is 54.2 Å². The van der Waals surface area contributed by atoms with Crippen LogP contribution in [-0.4, -0.2) is 10.2 Å². The molecule has 2 nitrogen and oxygen atoms in total. The normalized spacial score (nSPS) is 17.3. The predicted molar refractivity (Wildman–Crippen MR) is 89.5 cm³/mol. The lowest BCUT2D eigenvalue weighted by Gasteiger charge is -2.39. The van der Waals surface area contributed by atoms with Crippen LogP contribution in [0.2, 0.25) is 0 Å². The molecule has 1 saturated carbocycles. The Bertz CT molecular complexity index is 637. The Kier molecular flexibility index (Phi) is 4.10. The zero-order valence-electron chi connectivity index (χ0n) is 13.2. The van der Waals surface area contributed by atoms with Gasteiger partial charge in [0.15, 0.2) is 0 Å². The number of aromatic hydroxyl groups is 2. The Morgan fingerprint density at radius 2 is 1.50 bits per heavy atom. The fourth-order valence-corrected chi connectivity index (χ4v) is 3.85. The molecule has 0 radical (unpaired) electrons. The molecule has 22 heavy (non-hydrogen) atoms. The molecule has 0 amide bonds. The Morgan fingerprint density at radius 3 is 2.14 bits per heavy atom. The molecule has 0 atom stereocenters. The minimum Gasteiger partial charge on any atom is -0.508 e. The molecule has 0 unspecified atom stereocenters. The van der Waals surface area contributed by atoms with Gasteiger partial charge >= 0.3 is 0 Å². The molecule has 0 heterocycles. The summed E-state index contributed by atoms with van der Waals surface area (Å²) in [7, 11) is 0. The average molecular weight is 296 g/mol. The number of rotatable bonds is 3. The third kappa shape index (κ3) is 2.58. The third-order valence-corrected chi connectivity index (χ3v) is 5.14. The smallest absolute Gasteiger partial charge is 0.118 e. The van der Waals surface area contributed by atoms with E-state index in [-0.39, 0.29) is 5.41 Å². The molecule has 0 aromatic heterocycles. The van der Waals surface area contributed by atoms with Crippen LogP contribution >= 0.6 is 0 Å². The highest BCUT2D eigenvalue weighted by Gasteiger charge is 2.35. The number of benzene rings is 2. The second-order valence-corrected chi connectivity index (χ2v) is 6.39. The molecule has 1 fully saturated rings. The molecule has 116 valence electrons. The van der Waals surface area contributed by atoms with E-state index < -0.39 is 0 Å². The summed E-state index contributed by atoms with van der Waals surface area (Å²) in [5, 5.41) is 19.6. The molecule has 0 aliphatic heterocycles. The molecule has 2 aromatic rings. The topological polar surface area (TPSA) is 40.5 Å². The summed E-state index contributed by atoms with van der Waals surface area (Å²) in [5.41, 5.74) is 3.61. The largest absolute Gasteiger partial charge is 0.508 e. The van der Waals surface area contributed by atoms with Crippen molar-refractivity contribution in [1.29, 1.82) is 0 Å². The van der Waals surface area contributed by atoms with Crippen LogP contribution in [-0.2, 0) is 11.8 Å². The highest BCUT2D eigenvalue weighted by atomic mass is 16.3. The Balaban J connectivity index is 2.11. The van der Waals surface area contributed by atoms with E-state index in [0.29, 0.717) is 11.5 Å². The monoisotopic (exact) mass is 296 g/mol. The SMILES string of the molecule is CCc1cc(C2(c3ccc(O)cc3)CCCCC2)ccc1O. The van der Waals surface area contributed by atoms with Crippen LogP contribution in [0.5, 0.6) is 11.5 Å². The Labute approximate surface area is 132 Å². The first-order chi connectivity index (χ1) is 10.7. The van der Waals surface area contributed by atoms with Gasteiger partial charge in [0.05, 0.1) is 0 Å².